The molecule has 0 radical (unpaired) electrons. The number of fused-ring (bicyclic) bond motifs is 1. The molecule has 5 N–H and O–H groups in total. The van der Waals surface area contributed by atoms with E-state index in [9.17, 15) is 13.5 Å². The third-order valence-corrected chi connectivity index (χ3v) is 6.36. The Labute approximate surface area is 174 Å². The van der Waals surface area contributed by atoms with Gasteiger partial charge < -0.3 is 15.7 Å². The van der Waals surface area contributed by atoms with Crippen molar-refractivity contribution in [1.82, 2.24) is 10.6 Å². The summed E-state index contributed by atoms with van der Waals surface area (Å²) >= 11 is 1.57. The summed E-state index contributed by atoms with van der Waals surface area (Å²) in [5, 5.41) is 23.1. The van der Waals surface area contributed by atoms with E-state index >= 15 is 0 Å². The normalized spacial score (nSPS) is 13.4. The van der Waals surface area contributed by atoms with Gasteiger partial charge in [-0.3, -0.25) is 0 Å². The standard InChI is InChI=1S/C20H24N4O3S2/c1-2-22-20(23-12-14-6-5-8-16(10-14)29(21,26)27)24-13-17(25)19-11-15-7-3-4-9-18(15)28-19/h3-11,17,25H,2,12-13H2,1H3,(H2,21,26,27)(H2,22,23,24). The van der Waals surface area contributed by atoms with Crippen molar-refractivity contribution in [1.29, 1.82) is 0 Å². The van der Waals surface area contributed by atoms with Crippen LogP contribution in [-0.2, 0) is 16.6 Å². The van der Waals surface area contributed by atoms with Gasteiger partial charge in [-0.05, 0) is 42.1 Å². The quantitative estimate of drug-likeness (QED) is 0.338. The van der Waals surface area contributed by atoms with Crippen LogP contribution < -0.4 is 15.8 Å². The Kier molecular flexibility index (Phi) is 6.86. The highest BCUT2D eigenvalue weighted by Gasteiger charge is 2.12. The van der Waals surface area contributed by atoms with Gasteiger partial charge in [-0.15, -0.1) is 11.3 Å². The van der Waals surface area contributed by atoms with E-state index in [0.717, 1.165) is 20.5 Å². The highest BCUT2D eigenvalue weighted by molar-refractivity contribution is 7.89. The van der Waals surface area contributed by atoms with Crippen molar-refractivity contribution in [2.75, 3.05) is 13.1 Å². The SMILES string of the molecule is CCNC(=NCc1cccc(S(N)(=O)=O)c1)NCC(O)c1cc2ccccc2s1. The van der Waals surface area contributed by atoms with Gasteiger partial charge in [-0.25, -0.2) is 18.5 Å². The lowest BCUT2D eigenvalue weighted by Gasteiger charge is -2.14. The Morgan fingerprint density at radius 3 is 2.69 bits per heavy atom. The van der Waals surface area contributed by atoms with Gasteiger partial charge in [0, 0.05) is 22.7 Å². The number of primary sulfonamides is 1. The average Bonchev–Trinajstić information content (AvgIpc) is 3.14. The van der Waals surface area contributed by atoms with Crippen LogP contribution in [-0.4, -0.2) is 32.6 Å². The number of nitrogens with one attached hydrogen (secondary N) is 2. The molecule has 0 aliphatic heterocycles. The number of sulfonamides is 1. The lowest BCUT2D eigenvalue weighted by molar-refractivity contribution is 0.184. The van der Waals surface area contributed by atoms with Gasteiger partial charge in [0.05, 0.1) is 11.4 Å². The molecule has 0 spiro atoms. The topological polar surface area (TPSA) is 117 Å². The van der Waals surface area contributed by atoms with Crippen molar-refractivity contribution in [3.8, 4) is 0 Å². The highest BCUT2D eigenvalue weighted by Crippen LogP contribution is 2.29. The number of guanidine groups is 1. The van der Waals surface area contributed by atoms with Gasteiger partial charge in [0.25, 0.3) is 0 Å². The number of thiophene rings is 1. The molecule has 0 aliphatic carbocycles. The number of aliphatic imine (C=N–C) groups is 1. The Bertz CT molecular complexity index is 1080. The van der Waals surface area contributed by atoms with Crippen molar-refractivity contribution in [2.24, 2.45) is 10.1 Å². The molecule has 0 fully saturated rings. The number of benzene rings is 2. The van der Waals surface area contributed by atoms with Crippen LogP contribution in [0.1, 0.15) is 23.5 Å². The molecule has 3 rings (SSSR count). The lowest BCUT2D eigenvalue weighted by Crippen LogP contribution is -2.39. The van der Waals surface area contributed by atoms with E-state index in [4.69, 9.17) is 5.14 Å². The fourth-order valence-corrected chi connectivity index (χ4v) is 4.43. The van der Waals surface area contributed by atoms with Crippen molar-refractivity contribution in [3.63, 3.8) is 0 Å². The first-order chi connectivity index (χ1) is 13.9. The summed E-state index contributed by atoms with van der Waals surface area (Å²) in [6.45, 7) is 3.18. The summed E-state index contributed by atoms with van der Waals surface area (Å²) < 4.78 is 24.1. The van der Waals surface area contributed by atoms with E-state index in [1.54, 1.807) is 23.5 Å². The molecular weight excluding hydrogens is 408 g/mol. The first kappa shape index (κ1) is 21.3. The van der Waals surface area contributed by atoms with Gasteiger partial charge in [-0.1, -0.05) is 30.3 Å². The predicted molar refractivity (Wildman–Crippen MR) is 117 cm³/mol. The predicted octanol–water partition coefficient (Wildman–Crippen LogP) is 2.34. The summed E-state index contributed by atoms with van der Waals surface area (Å²) in [6.07, 6.45) is -0.665. The van der Waals surface area contributed by atoms with Crippen molar-refractivity contribution in [2.45, 2.75) is 24.5 Å². The zero-order valence-electron chi connectivity index (χ0n) is 16.0. The molecule has 0 saturated carbocycles. The van der Waals surface area contributed by atoms with Gasteiger partial charge in [0.15, 0.2) is 5.96 Å². The molecule has 0 aliphatic rings. The van der Waals surface area contributed by atoms with Crippen LogP contribution in [0.4, 0.5) is 0 Å². The van der Waals surface area contributed by atoms with Crippen LogP contribution in [0.5, 0.6) is 0 Å². The van der Waals surface area contributed by atoms with Crippen LogP contribution in [0.15, 0.2) is 64.5 Å². The summed E-state index contributed by atoms with van der Waals surface area (Å²) in [7, 11) is -3.75. The Balaban J connectivity index is 1.66. The second-order valence-corrected chi connectivity index (χ2v) is 9.15. The molecule has 9 heteroatoms. The largest absolute Gasteiger partial charge is 0.386 e. The fourth-order valence-electron chi connectivity index (χ4n) is 2.79. The maximum Gasteiger partial charge on any atom is 0.238 e. The minimum Gasteiger partial charge on any atom is -0.386 e. The monoisotopic (exact) mass is 432 g/mol. The van der Waals surface area contributed by atoms with E-state index < -0.39 is 16.1 Å². The zero-order chi connectivity index (χ0) is 20.9. The summed E-state index contributed by atoms with van der Waals surface area (Å²) in [5.41, 5.74) is 0.721. The number of nitrogens with two attached hydrogens (primary N) is 1. The molecule has 0 saturated heterocycles. The van der Waals surface area contributed by atoms with Crippen molar-refractivity contribution >= 4 is 37.4 Å². The minimum absolute atomic E-state index is 0.0587. The molecule has 3 aromatic rings. The van der Waals surface area contributed by atoms with E-state index in [1.807, 2.05) is 37.3 Å². The molecule has 0 bridgehead atoms. The van der Waals surface area contributed by atoms with E-state index in [-0.39, 0.29) is 11.4 Å². The molecule has 1 unspecified atom stereocenters. The molecule has 2 aromatic carbocycles. The second-order valence-electron chi connectivity index (χ2n) is 6.47. The van der Waals surface area contributed by atoms with Crippen LogP contribution in [0.2, 0.25) is 0 Å². The van der Waals surface area contributed by atoms with E-state index in [1.165, 1.54) is 12.1 Å². The number of aliphatic hydroxyl groups is 1. The summed E-state index contributed by atoms with van der Waals surface area (Å²) in [6, 6.07) is 16.4. The van der Waals surface area contributed by atoms with Crippen molar-refractivity contribution < 1.29 is 13.5 Å². The fraction of sp³-hybridized carbons (Fsp3) is 0.250. The van der Waals surface area contributed by atoms with Gasteiger partial charge in [-0.2, -0.15) is 0 Å². The molecule has 1 heterocycles. The van der Waals surface area contributed by atoms with Crippen LogP contribution in [0.25, 0.3) is 10.1 Å². The lowest BCUT2D eigenvalue weighted by atomic mass is 10.2. The number of aliphatic hydroxyl groups excluding tert-OH is 1. The van der Waals surface area contributed by atoms with Crippen molar-refractivity contribution in [3.05, 3.63) is 65.0 Å². The second kappa shape index (κ2) is 9.36. The number of rotatable bonds is 7. The van der Waals surface area contributed by atoms with Crippen LogP contribution >= 0.6 is 11.3 Å². The van der Waals surface area contributed by atoms with Gasteiger partial charge in [0.2, 0.25) is 10.0 Å². The smallest absolute Gasteiger partial charge is 0.238 e. The summed E-state index contributed by atoms with van der Waals surface area (Å²) in [5.74, 6) is 0.536. The molecule has 0 amide bonds. The maximum atomic E-state index is 11.5. The molecule has 7 nitrogen and oxygen atoms in total. The van der Waals surface area contributed by atoms with Gasteiger partial charge >= 0.3 is 0 Å². The maximum absolute atomic E-state index is 11.5. The molecule has 154 valence electrons. The van der Waals surface area contributed by atoms with Crippen LogP contribution in [0, 0.1) is 0 Å². The Morgan fingerprint density at radius 2 is 1.97 bits per heavy atom. The minimum atomic E-state index is -3.75. The average molecular weight is 433 g/mol. The number of hydrogen-bond donors (Lipinski definition) is 4. The molecular formula is C20H24N4O3S2. The number of hydrogen-bond acceptors (Lipinski definition) is 5. The third-order valence-electron chi connectivity index (χ3n) is 4.23. The Morgan fingerprint density at radius 1 is 1.17 bits per heavy atom. The van der Waals surface area contributed by atoms with E-state index in [0.29, 0.717) is 19.0 Å². The first-order valence-electron chi connectivity index (χ1n) is 9.17. The highest BCUT2D eigenvalue weighted by atomic mass is 32.2. The van der Waals surface area contributed by atoms with Gasteiger partial charge in [0.1, 0.15) is 6.10 Å². The zero-order valence-corrected chi connectivity index (χ0v) is 17.6. The molecule has 1 atom stereocenters. The molecule has 1 aromatic heterocycles. The van der Waals surface area contributed by atoms with E-state index in [2.05, 4.69) is 15.6 Å². The van der Waals surface area contributed by atoms with Crippen LogP contribution in [0.3, 0.4) is 0 Å². The third kappa shape index (κ3) is 5.77. The molecule has 29 heavy (non-hydrogen) atoms. The Hall–Kier alpha value is -2.46. The summed E-state index contributed by atoms with van der Waals surface area (Å²) in [4.78, 5) is 5.41. The number of nitrogens with zero attached hydrogens (tertiary/aromatic N) is 1. The first-order valence-corrected chi connectivity index (χ1v) is 11.5.